The molecule has 0 unspecified atom stereocenters. The Bertz CT molecular complexity index is 167. The molecule has 0 aromatic heterocycles. The number of hydrogen-bond acceptors (Lipinski definition) is 3. The second-order valence-electron chi connectivity index (χ2n) is 5.05. The molecule has 0 spiro atoms. The fraction of sp³-hybridized carbons (Fsp3) is 0.923. The van der Waals surface area contributed by atoms with Crippen LogP contribution in [-0.4, -0.2) is 18.9 Å². The largest absolute Gasteiger partial charge is 0.330 e. The zero-order valence-corrected chi connectivity index (χ0v) is 10.9. The fourth-order valence-electron chi connectivity index (χ4n) is 2.54. The third-order valence-electron chi connectivity index (χ3n) is 3.26. The average Bonchev–Trinajstić information content (AvgIpc) is 2.19. The monoisotopic (exact) mass is 228 g/mol. The number of rotatable bonds is 4. The summed E-state index contributed by atoms with van der Waals surface area (Å²) in [6.07, 6.45) is 9.29. The van der Waals surface area contributed by atoms with Crippen molar-refractivity contribution in [2.24, 2.45) is 16.9 Å². The zero-order valence-electron chi connectivity index (χ0n) is 10.9. The van der Waals surface area contributed by atoms with Crippen LogP contribution in [0.4, 0.5) is 0 Å². The molecular weight excluding hydrogens is 200 g/mol. The van der Waals surface area contributed by atoms with Crippen LogP contribution < -0.4 is 11.5 Å². The van der Waals surface area contributed by atoms with E-state index in [9.17, 15) is 4.79 Å². The van der Waals surface area contributed by atoms with E-state index in [-0.39, 0.29) is 5.78 Å². The topological polar surface area (TPSA) is 69.1 Å². The molecule has 0 bridgehead atoms. The van der Waals surface area contributed by atoms with Gasteiger partial charge in [-0.25, -0.2) is 0 Å². The SMILES string of the molecule is CC(C)=O.NCCC1(CCN)CCCCC1. The predicted octanol–water partition coefficient (Wildman–Crippen LogP) is 2.23. The van der Waals surface area contributed by atoms with Gasteiger partial charge in [-0.2, -0.15) is 0 Å². The number of carbonyl (C=O) groups excluding carboxylic acids is 1. The van der Waals surface area contributed by atoms with Crippen molar-refractivity contribution < 1.29 is 4.79 Å². The number of hydrogen-bond donors (Lipinski definition) is 2. The minimum Gasteiger partial charge on any atom is -0.330 e. The summed E-state index contributed by atoms with van der Waals surface area (Å²) in [4.78, 5) is 9.44. The molecule has 4 N–H and O–H groups in total. The third-order valence-corrected chi connectivity index (χ3v) is 3.26. The van der Waals surface area contributed by atoms with E-state index in [1.165, 1.54) is 58.8 Å². The minimum absolute atomic E-state index is 0.167. The highest BCUT2D eigenvalue weighted by atomic mass is 16.1. The highest BCUT2D eigenvalue weighted by molar-refractivity contribution is 5.72. The van der Waals surface area contributed by atoms with Crippen LogP contribution in [0.25, 0.3) is 0 Å². The molecule has 0 amide bonds. The van der Waals surface area contributed by atoms with Gasteiger partial charge in [0.05, 0.1) is 0 Å². The van der Waals surface area contributed by atoms with Crippen LogP contribution in [-0.2, 0) is 4.79 Å². The van der Waals surface area contributed by atoms with Crippen molar-refractivity contribution in [1.29, 1.82) is 0 Å². The zero-order chi connectivity index (χ0) is 12.4. The highest BCUT2D eigenvalue weighted by Gasteiger charge is 2.29. The van der Waals surface area contributed by atoms with Gasteiger partial charge in [-0.3, -0.25) is 0 Å². The number of ketones is 1. The second kappa shape index (κ2) is 8.71. The van der Waals surface area contributed by atoms with Gasteiger partial charge in [-0.1, -0.05) is 19.3 Å². The molecule has 96 valence electrons. The first-order chi connectivity index (χ1) is 7.56. The first-order valence-electron chi connectivity index (χ1n) is 6.43. The Morgan fingerprint density at radius 3 is 1.69 bits per heavy atom. The van der Waals surface area contributed by atoms with E-state index in [1.807, 2.05) is 0 Å². The van der Waals surface area contributed by atoms with Gasteiger partial charge in [0, 0.05) is 0 Å². The average molecular weight is 228 g/mol. The Balaban J connectivity index is 0.000000487. The lowest BCUT2D eigenvalue weighted by atomic mass is 9.70. The van der Waals surface area contributed by atoms with Crippen LogP contribution in [0, 0.1) is 5.41 Å². The van der Waals surface area contributed by atoms with Crippen molar-refractivity contribution >= 4 is 5.78 Å². The van der Waals surface area contributed by atoms with Gasteiger partial charge in [-0.15, -0.1) is 0 Å². The summed E-state index contributed by atoms with van der Waals surface area (Å²) in [6, 6.07) is 0. The van der Waals surface area contributed by atoms with Gasteiger partial charge >= 0.3 is 0 Å². The molecule has 16 heavy (non-hydrogen) atoms. The smallest absolute Gasteiger partial charge is 0.126 e. The van der Waals surface area contributed by atoms with E-state index < -0.39 is 0 Å². The molecule has 0 radical (unpaired) electrons. The van der Waals surface area contributed by atoms with E-state index in [4.69, 9.17) is 11.5 Å². The van der Waals surface area contributed by atoms with E-state index in [1.54, 1.807) is 0 Å². The first kappa shape index (κ1) is 15.6. The maximum absolute atomic E-state index is 9.44. The molecule has 1 saturated carbocycles. The van der Waals surface area contributed by atoms with E-state index in [2.05, 4.69) is 0 Å². The van der Waals surface area contributed by atoms with Crippen molar-refractivity contribution in [1.82, 2.24) is 0 Å². The lowest BCUT2D eigenvalue weighted by Crippen LogP contribution is -2.29. The summed E-state index contributed by atoms with van der Waals surface area (Å²) in [5.74, 6) is 0.167. The van der Waals surface area contributed by atoms with Gasteiger partial charge < -0.3 is 16.3 Å². The molecule has 0 aromatic carbocycles. The summed E-state index contributed by atoms with van der Waals surface area (Å²) in [5.41, 5.74) is 11.8. The maximum Gasteiger partial charge on any atom is 0.126 e. The van der Waals surface area contributed by atoms with Crippen LogP contribution in [0.2, 0.25) is 0 Å². The van der Waals surface area contributed by atoms with Crippen molar-refractivity contribution in [3.8, 4) is 0 Å². The highest BCUT2D eigenvalue weighted by Crippen LogP contribution is 2.41. The van der Waals surface area contributed by atoms with Crippen molar-refractivity contribution in [3.63, 3.8) is 0 Å². The summed E-state index contributed by atoms with van der Waals surface area (Å²) in [6.45, 7) is 4.72. The maximum atomic E-state index is 9.44. The molecule has 1 fully saturated rings. The lowest BCUT2D eigenvalue weighted by molar-refractivity contribution is -0.114. The van der Waals surface area contributed by atoms with Crippen LogP contribution in [0.15, 0.2) is 0 Å². The van der Waals surface area contributed by atoms with Gasteiger partial charge in [0.1, 0.15) is 5.78 Å². The molecule has 0 atom stereocenters. The van der Waals surface area contributed by atoms with Gasteiger partial charge in [0.2, 0.25) is 0 Å². The number of carbonyl (C=O) groups is 1. The first-order valence-corrected chi connectivity index (χ1v) is 6.43. The molecule has 1 aliphatic rings. The molecule has 3 nitrogen and oxygen atoms in total. The molecule has 0 aromatic rings. The third kappa shape index (κ3) is 6.96. The van der Waals surface area contributed by atoms with E-state index in [0.29, 0.717) is 5.41 Å². The van der Waals surface area contributed by atoms with Crippen LogP contribution >= 0.6 is 0 Å². The molecule has 3 heteroatoms. The Morgan fingerprint density at radius 1 is 1.00 bits per heavy atom. The Morgan fingerprint density at radius 2 is 1.38 bits per heavy atom. The molecule has 0 heterocycles. The van der Waals surface area contributed by atoms with E-state index >= 15 is 0 Å². The standard InChI is InChI=1S/C10H22N2.C3H6O/c11-8-6-10(7-9-12)4-2-1-3-5-10;1-3(2)4/h1-9,11-12H2;1-2H3. The van der Waals surface area contributed by atoms with Crippen molar-refractivity contribution in [2.45, 2.75) is 58.8 Å². The van der Waals surface area contributed by atoms with Gasteiger partial charge in [-0.05, 0) is 58.0 Å². The Kier molecular flexibility index (Phi) is 8.49. The van der Waals surface area contributed by atoms with E-state index in [0.717, 1.165) is 13.1 Å². The molecule has 1 rings (SSSR count). The molecule has 0 saturated heterocycles. The number of Topliss-reactive ketones (excluding diaryl/α,β-unsaturated/α-hetero) is 1. The number of nitrogens with two attached hydrogens (primary N) is 2. The van der Waals surface area contributed by atoms with Gasteiger partial charge in [0.25, 0.3) is 0 Å². The van der Waals surface area contributed by atoms with Crippen LogP contribution in [0.1, 0.15) is 58.8 Å². The summed E-state index contributed by atoms with van der Waals surface area (Å²) in [7, 11) is 0. The molecule has 1 aliphatic carbocycles. The minimum atomic E-state index is 0.167. The fourth-order valence-corrected chi connectivity index (χ4v) is 2.54. The second-order valence-corrected chi connectivity index (χ2v) is 5.05. The summed E-state index contributed by atoms with van der Waals surface area (Å²) in [5, 5.41) is 0. The van der Waals surface area contributed by atoms with Crippen LogP contribution in [0.5, 0.6) is 0 Å². The van der Waals surface area contributed by atoms with Crippen molar-refractivity contribution in [2.75, 3.05) is 13.1 Å². The Hall–Kier alpha value is -0.410. The quantitative estimate of drug-likeness (QED) is 0.775. The lowest BCUT2D eigenvalue weighted by Gasteiger charge is -2.37. The van der Waals surface area contributed by atoms with Crippen LogP contribution in [0.3, 0.4) is 0 Å². The Labute approximate surface area is 100.0 Å². The normalized spacial score (nSPS) is 18.5. The molecule has 0 aliphatic heterocycles. The summed E-state index contributed by atoms with van der Waals surface area (Å²) >= 11 is 0. The van der Waals surface area contributed by atoms with Gasteiger partial charge in [0.15, 0.2) is 0 Å². The predicted molar refractivity (Wildman–Crippen MR) is 69.2 cm³/mol. The summed E-state index contributed by atoms with van der Waals surface area (Å²) < 4.78 is 0. The van der Waals surface area contributed by atoms with Crippen molar-refractivity contribution in [3.05, 3.63) is 0 Å². The molecular formula is C13H28N2O.